The van der Waals surface area contributed by atoms with Crippen molar-refractivity contribution in [1.82, 2.24) is 4.90 Å². The van der Waals surface area contributed by atoms with Gasteiger partial charge in [0.15, 0.2) is 0 Å². The van der Waals surface area contributed by atoms with Gasteiger partial charge in [0.05, 0.1) is 0 Å². The highest BCUT2D eigenvalue weighted by atomic mass is 16.6. The van der Waals surface area contributed by atoms with Crippen LogP contribution in [0.15, 0.2) is 0 Å². The molecule has 2 fully saturated rings. The standard InChI is InChI=1S/C14H26N2O2/c1-14(2,3)18-13(17)16-8-11-6-4-5-10(7-15)12(11)9-16/h10-12H,4-9,15H2,1-3H3/t10-,11+,12+/m0/s1. The van der Waals surface area contributed by atoms with E-state index in [0.29, 0.717) is 17.8 Å². The minimum atomic E-state index is -0.405. The summed E-state index contributed by atoms with van der Waals surface area (Å²) in [5, 5.41) is 0. The number of rotatable bonds is 1. The zero-order chi connectivity index (χ0) is 13.3. The van der Waals surface area contributed by atoms with Crippen LogP contribution in [0.25, 0.3) is 0 Å². The van der Waals surface area contributed by atoms with Gasteiger partial charge < -0.3 is 15.4 Å². The molecule has 3 atom stereocenters. The first-order chi connectivity index (χ1) is 8.40. The molecule has 4 nitrogen and oxygen atoms in total. The van der Waals surface area contributed by atoms with Crippen LogP contribution in [0.4, 0.5) is 4.79 Å². The normalized spacial score (nSPS) is 32.2. The maximum Gasteiger partial charge on any atom is 0.410 e. The Morgan fingerprint density at radius 1 is 1.33 bits per heavy atom. The Balaban J connectivity index is 1.96. The summed E-state index contributed by atoms with van der Waals surface area (Å²) in [5.41, 5.74) is 5.44. The molecule has 18 heavy (non-hydrogen) atoms. The lowest BCUT2D eigenvalue weighted by atomic mass is 9.74. The van der Waals surface area contributed by atoms with Gasteiger partial charge in [0.2, 0.25) is 0 Å². The predicted molar refractivity (Wildman–Crippen MR) is 71.2 cm³/mol. The van der Waals surface area contributed by atoms with Gasteiger partial charge in [-0.2, -0.15) is 0 Å². The molecule has 1 aliphatic carbocycles. The molecule has 0 spiro atoms. The van der Waals surface area contributed by atoms with Gasteiger partial charge in [-0.15, -0.1) is 0 Å². The molecule has 1 amide bonds. The molecular weight excluding hydrogens is 228 g/mol. The van der Waals surface area contributed by atoms with Crippen LogP contribution in [0.2, 0.25) is 0 Å². The second-order valence-electron chi connectivity index (χ2n) is 6.74. The van der Waals surface area contributed by atoms with E-state index in [1.54, 1.807) is 0 Å². The number of hydrogen-bond donors (Lipinski definition) is 1. The Bertz CT molecular complexity index is 311. The zero-order valence-electron chi connectivity index (χ0n) is 11.8. The highest BCUT2D eigenvalue weighted by molar-refractivity contribution is 5.68. The fourth-order valence-electron chi connectivity index (χ4n) is 3.36. The molecule has 2 aliphatic rings. The Morgan fingerprint density at radius 2 is 2.06 bits per heavy atom. The summed E-state index contributed by atoms with van der Waals surface area (Å²) in [6.45, 7) is 8.19. The van der Waals surface area contributed by atoms with E-state index in [1.807, 2.05) is 25.7 Å². The molecule has 2 rings (SSSR count). The number of nitrogens with two attached hydrogens (primary N) is 1. The third-order valence-electron chi connectivity index (χ3n) is 4.20. The summed E-state index contributed by atoms with van der Waals surface area (Å²) >= 11 is 0. The molecule has 0 unspecified atom stereocenters. The molecule has 1 heterocycles. The van der Waals surface area contributed by atoms with Crippen molar-refractivity contribution in [1.29, 1.82) is 0 Å². The molecule has 1 aliphatic heterocycles. The van der Waals surface area contributed by atoms with Crippen LogP contribution in [0.3, 0.4) is 0 Å². The third-order valence-corrected chi connectivity index (χ3v) is 4.20. The van der Waals surface area contributed by atoms with Crippen LogP contribution in [0.5, 0.6) is 0 Å². The Morgan fingerprint density at radius 3 is 2.67 bits per heavy atom. The quantitative estimate of drug-likeness (QED) is 0.780. The second kappa shape index (κ2) is 5.08. The molecule has 1 saturated heterocycles. The van der Waals surface area contributed by atoms with Crippen molar-refractivity contribution in [3.8, 4) is 0 Å². The highest BCUT2D eigenvalue weighted by Crippen LogP contribution is 2.39. The van der Waals surface area contributed by atoms with Crippen LogP contribution in [-0.2, 0) is 4.74 Å². The van der Waals surface area contributed by atoms with Crippen molar-refractivity contribution in [2.75, 3.05) is 19.6 Å². The minimum absolute atomic E-state index is 0.160. The Kier molecular flexibility index (Phi) is 3.85. The van der Waals surface area contributed by atoms with E-state index in [4.69, 9.17) is 10.5 Å². The smallest absolute Gasteiger partial charge is 0.410 e. The number of amides is 1. The monoisotopic (exact) mass is 254 g/mol. The summed E-state index contributed by atoms with van der Waals surface area (Å²) < 4.78 is 5.45. The molecule has 2 N–H and O–H groups in total. The van der Waals surface area contributed by atoms with E-state index < -0.39 is 5.60 Å². The molecule has 0 aromatic carbocycles. The third kappa shape index (κ3) is 2.97. The molecule has 0 aromatic rings. The van der Waals surface area contributed by atoms with Gasteiger partial charge in [0, 0.05) is 13.1 Å². The van der Waals surface area contributed by atoms with Crippen molar-refractivity contribution < 1.29 is 9.53 Å². The lowest BCUT2D eigenvalue weighted by Gasteiger charge is -2.31. The molecule has 104 valence electrons. The van der Waals surface area contributed by atoms with Gasteiger partial charge in [0.1, 0.15) is 5.60 Å². The molecule has 0 aromatic heterocycles. The Labute approximate surface area is 110 Å². The van der Waals surface area contributed by atoms with E-state index in [0.717, 1.165) is 19.6 Å². The molecule has 0 bridgehead atoms. The Hall–Kier alpha value is -0.770. The van der Waals surface area contributed by atoms with Crippen molar-refractivity contribution >= 4 is 6.09 Å². The fourth-order valence-corrected chi connectivity index (χ4v) is 3.36. The second-order valence-corrected chi connectivity index (χ2v) is 6.74. The van der Waals surface area contributed by atoms with Gasteiger partial charge >= 0.3 is 6.09 Å². The summed E-state index contributed by atoms with van der Waals surface area (Å²) in [4.78, 5) is 14.0. The predicted octanol–water partition coefficient (Wildman–Crippen LogP) is 2.23. The number of carbonyl (C=O) groups is 1. The van der Waals surface area contributed by atoms with Gasteiger partial charge in [0.25, 0.3) is 0 Å². The molecule has 0 radical (unpaired) electrons. The number of fused-ring (bicyclic) bond motifs is 1. The van der Waals surface area contributed by atoms with Crippen LogP contribution >= 0.6 is 0 Å². The lowest BCUT2D eigenvalue weighted by Crippen LogP contribution is -2.36. The van der Waals surface area contributed by atoms with Crippen molar-refractivity contribution in [2.45, 2.75) is 45.6 Å². The average molecular weight is 254 g/mol. The van der Waals surface area contributed by atoms with Crippen LogP contribution in [0.1, 0.15) is 40.0 Å². The van der Waals surface area contributed by atoms with E-state index >= 15 is 0 Å². The molecule has 4 heteroatoms. The number of ether oxygens (including phenoxy) is 1. The van der Waals surface area contributed by atoms with Gasteiger partial charge in [-0.25, -0.2) is 4.79 Å². The number of likely N-dealkylation sites (tertiary alicyclic amines) is 1. The summed E-state index contributed by atoms with van der Waals surface area (Å²) in [7, 11) is 0. The van der Waals surface area contributed by atoms with E-state index in [1.165, 1.54) is 19.3 Å². The van der Waals surface area contributed by atoms with Gasteiger partial charge in [-0.1, -0.05) is 6.42 Å². The number of nitrogens with zero attached hydrogens (tertiary/aromatic N) is 1. The molecule has 1 saturated carbocycles. The van der Waals surface area contributed by atoms with Crippen LogP contribution in [0, 0.1) is 17.8 Å². The first-order valence-corrected chi connectivity index (χ1v) is 7.08. The van der Waals surface area contributed by atoms with E-state index in [2.05, 4.69) is 0 Å². The van der Waals surface area contributed by atoms with Crippen molar-refractivity contribution in [3.05, 3.63) is 0 Å². The molecular formula is C14H26N2O2. The maximum atomic E-state index is 12.1. The number of carbonyl (C=O) groups excluding carboxylic acids is 1. The van der Waals surface area contributed by atoms with Crippen LogP contribution < -0.4 is 5.73 Å². The first-order valence-electron chi connectivity index (χ1n) is 7.08. The van der Waals surface area contributed by atoms with E-state index in [-0.39, 0.29) is 6.09 Å². The largest absolute Gasteiger partial charge is 0.444 e. The maximum absolute atomic E-state index is 12.1. The fraction of sp³-hybridized carbons (Fsp3) is 0.929. The zero-order valence-corrected chi connectivity index (χ0v) is 11.8. The SMILES string of the molecule is CC(C)(C)OC(=O)N1C[C@H]2CCC[C@@H](CN)[C@H]2C1. The summed E-state index contributed by atoms with van der Waals surface area (Å²) in [6, 6.07) is 0. The van der Waals surface area contributed by atoms with Gasteiger partial charge in [-0.3, -0.25) is 0 Å². The first kappa shape index (κ1) is 13.7. The van der Waals surface area contributed by atoms with Crippen LogP contribution in [-0.4, -0.2) is 36.2 Å². The number of hydrogen-bond acceptors (Lipinski definition) is 3. The highest BCUT2D eigenvalue weighted by Gasteiger charge is 2.42. The topological polar surface area (TPSA) is 55.6 Å². The average Bonchev–Trinajstić information content (AvgIpc) is 2.70. The van der Waals surface area contributed by atoms with Gasteiger partial charge in [-0.05, 0) is 57.9 Å². The minimum Gasteiger partial charge on any atom is -0.444 e. The van der Waals surface area contributed by atoms with Crippen molar-refractivity contribution in [2.24, 2.45) is 23.5 Å². The lowest BCUT2D eigenvalue weighted by molar-refractivity contribution is 0.0282. The van der Waals surface area contributed by atoms with Crippen molar-refractivity contribution in [3.63, 3.8) is 0 Å². The summed E-state index contributed by atoms with van der Waals surface area (Å²) in [5.74, 6) is 1.83. The van der Waals surface area contributed by atoms with E-state index in [9.17, 15) is 4.79 Å². The summed E-state index contributed by atoms with van der Waals surface area (Å²) in [6.07, 6.45) is 3.55.